The third kappa shape index (κ3) is 4.43. The van der Waals surface area contributed by atoms with Gasteiger partial charge in [-0.3, -0.25) is 9.58 Å². The molecule has 1 unspecified atom stereocenters. The molecule has 0 spiro atoms. The minimum atomic E-state index is -1.16. The second-order valence-electron chi connectivity index (χ2n) is 10.2. The van der Waals surface area contributed by atoms with Gasteiger partial charge in [-0.05, 0) is 69.6 Å². The molecule has 2 aliphatic heterocycles. The number of nitrogens with zero attached hydrogens (tertiary/aromatic N) is 3. The first-order valence-corrected chi connectivity index (χ1v) is 12.5. The first-order valence-electron chi connectivity index (χ1n) is 11.4. The van der Waals surface area contributed by atoms with E-state index in [1.165, 1.54) is 18.4 Å². The summed E-state index contributed by atoms with van der Waals surface area (Å²) in [6.45, 7) is 12.1. The standard InChI is InChI=1S/C25H36N4OS/c1-6-14-29-17-19-10-12-25(29,13-11-19)23(27-31(30)24(2,3)4)21-9-7-8-20(15-21)22-16-26-28(5)18-22/h6-9,15-16,18-19,23,27H,1,10-14,17H2,2-5H3/t19?,23-,25?,31?/m0/s1. The van der Waals surface area contributed by atoms with E-state index >= 15 is 0 Å². The first kappa shape index (κ1) is 22.4. The van der Waals surface area contributed by atoms with Crippen molar-refractivity contribution in [1.29, 1.82) is 0 Å². The molecule has 1 aromatic heterocycles. The summed E-state index contributed by atoms with van der Waals surface area (Å²) >= 11 is 0. The maximum atomic E-state index is 13.3. The summed E-state index contributed by atoms with van der Waals surface area (Å²) in [4.78, 5) is 2.60. The summed E-state index contributed by atoms with van der Waals surface area (Å²) in [6.07, 6.45) is 10.7. The Labute approximate surface area is 189 Å². The number of hydrogen-bond donors (Lipinski definition) is 1. The molecule has 3 fully saturated rings. The zero-order chi connectivity index (χ0) is 22.2. The summed E-state index contributed by atoms with van der Waals surface area (Å²) < 4.78 is 18.4. The van der Waals surface area contributed by atoms with Crippen molar-refractivity contribution in [2.24, 2.45) is 13.0 Å². The molecule has 6 heteroatoms. The van der Waals surface area contributed by atoms with Crippen molar-refractivity contribution in [2.45, 2.75) is 62.8 Å². The van der Waals surface area contributed by atoms with E-state index in [1.54, 1.807) is 0 Å². The fraction of sp³-hybridized carbons (Fsp3) is 0.560. The number of nitrogens with one attached hydrogen (secondary N) is 1. The van der Waals surface area contributed by atoms with Gasteiger partial charge in [-0.1, -0.05) is 24.3 Å². The SMILES string of the molecule is C=CCN1CC2CCC1([C@@H](NS(=O)C(C)(C)C)c1cccc(-c3cnn(C)c3)c1)CC2. The minimum Gasteiger partial charge on any atom is -0.292 e. The third-order valence-electron chi connectivity index (χ3n) is 7.01. The molecule has 3 heterocycles. The number of rotatable bonds is 7. The lowest BCUT2D eigenvalue weighted by molar-refractivity contribution is -0.0473. The largest absolute Gasteiger partial charge is 0.292 e. The van der Waals surface area contributed by atoms with Crippen molar-refractivity contribution in [3.63, 3.8) is 0 Å². The highest BCUT2D eigenvalue weighted by atomic mass is 32.2. The number of benzene rings is 1. The number of hydrogen-bond acceptors (Lipinski definition) is 3. The van der Waals surface area contributed by atoms with Gasteiger partial charge < -0.3 is 0 Å². The average molecular weight is 441 g/mol. The third-order valence-corrected chi connectivity index (χ3v) is 8.57. The number of aromatic nitrogens is 2. The van der Waals surface area contributed by atoms with Crippen LogP contribution >= 0.6 is 0 Å². The molecule has 2 aromatic rings. The van der Waals surface area contributed by atoms with Gasteiger partial charge in [-0.15, -0.1) is 6.58 Å². The van der Waals surface area contributed by atoms with Crippen LogP contribution in [0.1, 0.15) is 58.1 Å². The zero-order valence-corrected chi connectivity index (χ0v) is 20.1. The lowest BCUT2D eigenvalue weighted by Gasteiger charge is -2.58. The van der Waals surface area contributed by atoms with Crippen LogP contribution in [0.25, 0.3) is 11.1 Å². The van der Waals surface area contributed by atoms with Gasteiger partial charge in [0.1, 0.15) is 0 Å². The van der Waals surface area contributed by atoms with Crippen LogP contribution in [0.2, 0.25) is 0 Å². The molecule has 5 rings (SSSR count). The Hall–Kier alpha value is -1.76. The predicted molar refractivity (Wildman–Crippen MR) is 129 cm³/mol. The summed E-state index contributed by atoms with van der Waals surface area (Å²) in [6, 6.07) is 8.70. The van der Waals surface area contributed by atoms with Gasteiger partial charge in [0.25, 0.3) is 0 Å². The number of piperidine rings is 2. The van der Waals surface area contributed by atoms with E-state index in [-0.39, 0.29) is 16.3 Å². The Morgan fingerprint density at radius 2 is 2.06 bits per heavy atom. The monoisotopic (exact) mass is 440 g/mol. The average Bonchev–Trinajstić information content (AvgIpc) is 3.19. The van der Waals surface area contributed by atoms with Crippen LogP contribution in [0.5, 0.6) is 0 Å². The van der Waals surface area contributed by atoms with Gasteiger partial charge >= 0.3 is 0 Å². The summed E-state index contributed by atoms with van der Waals surface area (Å²) in [5.41, 5.74) is 3.41. The van der Waals surface area contributed by atoms with Crippen molar-refractivity contribution >= 4 is 11.0 Å². The highest BCUT2D eigenvalue weighted by Crippen LogP contribution is 2.50. The minimum absolute atomic E-state index is 0.00891. The molecular formula is C25H36N4OS. The molecule has 0 amide bonds. The molecule has 1 N–H and O–H groups in total. The first-order chi connectivity index (χ1) is 14.7. The molecule has 31 heavy (non-hydrogen) atoms. The van der Waals surface area contributed by atoms with Crippen molar-refractivity contribution < 1.29 is 4.21 Å². The maximum absolute atomic E-state index is 13.3. The Morgan fingerprint density at radius 1 is 1.32 bits per heavy atom. The van der Waals surface area contributed by atoms with Crippen LogP contribution < -0.4 is 4.72 Å². The highest BCUT2D eigenvalue weighted by Gasteiger charge is 2.51. The van der Waals surface area contributed by atoms with Crippen molar-refractivity contribution in [3.05, 3.63) is 54.9 Å². The summed E-state index contributed by atoms with van der Waals surface area (Å²) in [7, 11) is 0.777. The van der Waals surface area contributed by atoms with Gasteiger partial charge in [0.15, 0.2) is 0 Å². The van der Waals surface area contributed by atoms with E-state index in [0.717, 1.165) is 43.0 Å². The summed E-state index contributed by atoms with van der Waals surface area (Å²) in [5.74, 6) is 0.775. The molecule has 2 saturated heterocycles. The van der Waals surface area contributed by atoms with Gasteiger partial charge in [0, 0.05) is 37.4 Å². The normalized spacial score (nSPS) is 26.0. The van der Waals surface area contributed by atoms with Crippen LogP contribution in [0, 0.1) is 5.92 Å². The zero-order valence-electron chi connectivity index (χ0n) is 19.3. The van der Waals surface area contributed by atoms with E-state index < -0.39 is 11.0 Å². The Bertz CT molecular complexity index is 952. The van der Waals surface area contributed by atoms with Crippen LogP contribution in [0.4, 0.5) is 0 Å². The van der Waals surface area contributed by atoms with E-state index in [2.05, 4.69) is 45.6 Å². The molecule has 3 aliphatic rings. The summed E-state index contributed by atoms with van der Waals surface area (Å²) in [5, 5.41) is 4.34. The fourth-order valence-corrected chi connectivity index (χ4v) is 6.22. The number of aryl methyl sites for hydroxylation is 1. The second-order valence-corrected chi connectivity index (χ2v) is 12.2. The van der Waals surface area contributed by atoms with E-state index in [4.69, 9.17) is 0 Å². The Balaban J connectivity index is 1.78. The Kier molecular flexibility index (Phi) is 6.25. The van der Waals surface area contributed by atoms with Crippen molar-refractivity contribution in [2.75, 3.05) is 13.1 Å². The van der Waals surface area contributed by atoms with Crippen LogP contribution in [0.15, 0.2) is 49.3 Å². The smallest absolute Gasteiger partial charge is 0.0976 e. The topological polar surface area (TPSA) is 50.2 Å². The molecular weight excluding hydrogens is 404 g/mol. The number of fused-ring (bicyclic) bond motifs is 3. The highest BCUT2D eigenvalue weighted by molar-refractivity contribution is 7.84. The molecule has 1 saturated carbocycles. The van der Waals surface area contributed by atoms with Gasteiger partial charge in [0.2, 0.25) is 0 Å². The van der Waals surface area contributed by atoms with E-state index in [9.17, 15) is 4.21 Å². The van der Waals surface area contributed by atoms with Gasteiger partial charge in [-0.2, -0.15) is 5.10 Å². The molecule has 2 atom stereocenters. The van der Waals surface area contributed by atoms with E-state index in [1.807, 2.05) is 51.0 Å². The quantitative estimate of drug-likeness (QED) is 0.640. The van der Waals surface area contributed by atoms with E-state index in [0.29, 0.717) is 0 Å². The lowest BCUT2D eigenvalue weighted by Crippen LogP contribution is -2.64. The maximum Gasteiger partial charge on any atom is 0.0976 e. The van der Waals surface area contributed by atoms with Crippen LogP contribution in [0.3, 0.4) is 0 Å². The van der Waals surface area contributed by atoms with Gasteiger partial charge in [-0.25, -0.2) is 8.93 Å². The van der Waals surface area contributed by atoms with Crippen molar-refractivity contribution in [3.8, 4) is 11.1 Å². The van der Waals surface area contributed by atoms with Crippen molar-refractivity contribution in [1.82, 2.24) is 19.4 Å². The lowest BCUT2D eigenvalue weighted by atomic mass is 9.65. The van der Waals surface area contributed by atoms with Crippen LogP contribution in [-0.4, -0.2) is 42.3 Å². The molecule has 1 aliphatic carbocycles. The molecule has 1 aromatic carbocycles. The van der Waals surface area contributed by atoms with Crippen LogP contribution in [-0.2, 0) is 18.0 Å². The molecule has 168 valence electrons. The molecule has 0 radical (unpaired) electrons. The molecule has 5 nitrogen and oxygen atoms in total. The second kappa shape index (κ2) is 8.64. The molecule has 2 bridgehead atoms. The Morgan fingerprint density at radius 3 is 2.68 bits per heavy atom. The van der Waals surface area contributed by atoms with Gasteiger partial charge in [0.05, 0.1) is 28.0 Å². The fourth-order valence-electron chi connectivity index (χ4n) is 5.29. The predicted octanol–water partition coefficient (Wildman–Crippen LogP) is 4.61.